The van der Waals surface area contributed by atoms with E-state index in [1.165, 1.54) is 4.31 Å². The predicted molar refractivity (Wildman–Crippen MR) is 70.6 cm³/mol. The summed E-state index contributed by atoms with van der Waals surface area (Å²) in [6.45, 7) is 1.18. The van der Waals surface area contributed by atoms with E-state index in [0.29, 0.717) is 25.1 Å². The normalized spacial score (nSPS) is 12.0. The topological polar surface area (TPSA) is 72.6 Å². The molecule has 0 fully saturated rings. The lowest BCUT2D eigenvalue weighted by atomic mass is 10.2. The highest BCUT2D eigenvalue weighted by Gasteiger charge is 2.22. The number of methoxy groups -OCH3 is 1. The predicted octanol–water partition coefficient (Wildman–Crippen LogP) is 0.802. The van der Waals surface area contributed by atoms with Crippen LogP contribution in [0, 0.1) is 0 Å². The van der Waals surface area contributed by atoms with Gasteiger partial charge >= 0.3 is 0 Å². The molecule has 0 bridgehead atoms. The summed E-state index contributed by atoms with van der Waals surface area (Å²) in [5.41, 5.74) is 6.20. The average molecular weight is 272 g/mol. The monoisotopic (exact) mass is 272 g/mol. The van der Waals surface area contributed by atoms with Gasteiger partial charge in [-0.05, 0) is 18.1 Å². The Morgan fingerprint density at radius 3 is 2.61 bits per heavy atom. The zero-order valence-electron chi connectivity index (χ0n) is 10.8. The minimum Gasteiger partial charge on any atom is -0.385 e. The summed E-state index contributed by atoms with van der Waals surface area (Å²) >= 11 is 0. The molecule has 18 heavy (non-hydrogen) atoms. The summed E-state index contributed by atoms with van der Waals surface area (Å²) < 4.78 is 30.9. The van der Waals surface area contributed by atoms with Gasteiger partial charge in [-0.1, -0.05) is 18.2 Å². The van der Waals surface area contributed by atoms with E-state index in [2.05, 4.69) is 0 Å². The fraction of sp³-hybridized carbons (Fsp3) is 0.500. The van der Waals surface area contributed by atoms with Crippen molar-refractivity contribution in [3.8, 4) is 0 Å². The van der Waals surface area contributed by atoms with Crippen molar-refractivity contribution in [2.75, 3.05) is 27.3 Å². The van der Waals surface area contributed by atoms with Gasteiger partial charge in [-0.15, -0.1) is 0 Å². The molecule has 0 aliphatic rings. The molecule has 0 heterocycles. The van der Waals surface area contributed by atoms with Gasteiger partial charge in [0.05, 0.1) is 4.90 Å². The van der Waals surface area contributed by atoms with E-state index in [4.69, 9.17) is 10.5 Å². The average Bonchev–Trinajstić information content (AvgIpc) is 2.38. The Bertz CT molecular complexity index is 474. The van der Waals surface area contributed by atoms with Crippen molar-refractivity contribution in [1.82, 2.24) is 4.31 Å². The Kier molecular flexibility index (Phi) is 5.74. The third-order valence-corrected chi connectivity index (χ3v) is 4.66. The van der Waals surface area contributed by atoms with Crippen molar-refractivity contribution in [2.45, 2.75) is 17.9 Å². The molecule has 0 aliphatic carbocycles. The van der Waals surface area contributed by atoms with Crippen molar-refractivity contribution >= 4 is 10.0 Å². The maximum Gasteiger partial charge on any atom is 0.243 e. The first-order valence-electron chi connectivity index (χ1n) is 5.77. The molecule has 0 saturated heterocycles. The number of hydrogen-bond acceptors (Lipinski definition) is 4. The zero-order chi connectivity index (χ0) is 13.6. The smallest absolute Gasteiger partial charge is 0.243 e. The summed E-state index contributed by atoms with van der Waals surface area (Å²) in [5, 5.41) is 0. The Balaban J connectivity index is 2.91. The van der Waals surface area contributed by atoms with Crippen LogP contribution in [0.4, 0.5) is 0 Å². The molecular weight excluding hydrogens is 252 g/mol. The van der Waals surface area contributed by atoms with Gasteiger partial charge in [0, 0.05) is 33.9 Å². The first kappa shape index (κ1) is 15.1. The van der Waals surface area contributed by atoms with Gasteiger partial charge in [0.2, 0.25) is 10.0 Å². The van der Waals surface area contributed by atoms with E-state index >= 15 is 0 Å². The maximum atomic E-state index is 12.3. The zero-order valence-corrected chi connectivity index (χ0v) is 11.6. The summed E-state index contributed by atoms with van der Waals surface area (Å²) in [6.07, 6.45) is 0.664. The minimum atomic E-state index is -3.46. The number of sulfonamides is 1. The number of benzene rings is 1. The van der Waals surface area contributed by atoms with E-state index in [1.807, 2.05) is 0 Å². The Morgan fingerprint density at radius 2 is 2.00 bits per heavy atom. The molecule has 0 aliphatic heterocycles. The number of ether oxygens (including phenoxy) is 1. The fourth-order valence-corrected chi connectivity index (χ4v) is 3.08. The van der Waals surface area contributed by atoms with Gasteiger partial charge < -0.3 is 10.5 Å². The summed E-state index contributed by atoms with van der Waals surface area (Å²) in [4.78, 5) is 0.285. The second kappa shape index (κ2) is 6.84. The van der Waals surface area contributed by atoms with Gasteiger partial charge in [-0.2, -0.15) is 0 Å². The van der Waals surface area contributed by atoms with Crippen LogP contribution in [0.1, 0.15) is 12.0 Å². The largest absolute Gasteiger partial charge is 0.385 e. The molecule has 5 nitrogen and oxygen atoms in total. The molecule has 0 spiro atoms. The van der Waals surface area contributed by atoms with Crippen LogP contribution in [0.2, 0.25) is 0 Å². The lowest BCUT2D eigenvalue weighted by Crippen LogP contribution is -2.29. The summed E-state index contributed by atoms with van der Waals surface area (Å²) in [5.74, 6) is 0. The van der Waals surface area contributed by atoms with Gasteiger partial charge in [0.15, 0.2) is 0 Å². The second-order valence-corrected chi connectivity index (χ2v) is 6.00. The van der Waals surface area contributed by atoms with Crippen LogP contribution in [0.3, 0.4) is 0 Å². The molecule has 0 saturated carbocycles. The van der Waals surface area contributed by atoms with Crippen molar-refractivity contribution in [1.29, 1.82) is 0 Å². The highest BCUT2D eigenvalue weighted by molar-refractivity contribution is 7.89. The number of nitrogens with two attached hydrogens (primary N) is 1. The first-order chi connectivity index (χ1) is 8.54. The van der Waals surface area contributed by atoms with Crippen molar-refractivity contribution in [2.24, 2.45) is 5.73 Å². The molecule has 102 valence electrons. The highest BCUT2D eigenvalue weighted by atomic mass is 32.2. The van der Waals surface area contributed by atoms with Crippen LogP contribution in [-0.2, 0) is 21.3 Å². The number of rotatable bonds is 7. The third kappa shape index (κ3) is 3.52. The molecule has 1 rings (SSSR count). The van der Waals surface area contributed by atoms with E-state index in [1.54, 1.807) is 38.4 Å². The standard InChI is InChI=1S/C12H20N2O3S/c1-14(8-5-9-17-2)18(15,16)12-7-4-3-6-11(12)10-13/h3-4,6-7H,5,8-10,13H2,1-2H3. The molecule has 0 radical (unpaired) electrons. The molecular formula is C12H20N2O3S. The summed E-state index contributed by atoms with van der Waals surface area (Å²) in [6, 6.07) is 6.81. The molecule has 6 heteroatoms. The van der Waals surface area contributed by atoms with E-state index in [9.17, 15) is 8.42 Å². The number of hydrogen-bond donors (Lipinski definition) is 1. The summed E-state index contributed by atoms with van der Waals surface area (Å²) in [7, 11) is -0.301. The highest BCUT2D eigenvalue weighted by Crippen LogP contribution is 2.18. The molecule has 1 aromatic rings. The maximum absolute atomic E-state index is 12.3. The minimum absolute atomic E-state index is 0.210. The molecule has 0 amide bonds. The lowest BCUT2D eigenvalue weighted by Gasteiger charge is -2.18. The van der Waals surface area contributed by atoms with Gasteiger partial charge in [-0.25, -0.2) is 12.7 Å². The van der Waals surface area contributed by atoms with Crippen LogP contribution in [0.25, 0.3) is 0 Å². The van der Waals surface area contributed by atoms with Gasteiger partial charge in [0.1, 0.15) is 0 Å². The van der Waals surface area contributed by atoms with E-state index in [0.717, 1.165) is 0 Å². The molecule has 0 aromatic heterocycles. The van der Waals surface area contributed by atoms with Crippen molar-refractivity contribution in [3.63, 3.8) is 0 Å². The molecule has 0 unspecified atom stereocenters. The van der Waals surface area contributed by atoms with Crippen LogP contribution >= 0.6 is 0 Å². The fourth-order valence-electron chi connectivity index (χ4n) is 1.64. The molecule has 0 atom stereocenters. The first-order valence-corrected chi connectivity index (χ1v) is 7.21. The van der Waals surface area contributed by atoms with Crippen molar-refractivity contribution < 1.29 is 13.2 Å². The van der Waals surface area contributed by atoms with Gasteiger partial charge in [0.25, 0.3) is 0 Å². The quantitative estimate of drug-likeness (QED) is 0.745. The van der Waals surface area contributed by atoms with Crippen LogP contribution in [0.5, 0.6) is 0 Å². The van der Waals surface area contributed by atoms with E-state index < -0.39 is 10.0 Å². The van der Waals surface area contributed by atoms with Crippen molar-refractivity contribution in [3.05, 3.63) is 29.8 Å². The third-order valence-electron chi connectivity index (χ3n) is 2.70. The second-order valence-electron chi connectivity index (χ2n) is 3.98. The molecule has 2 N–H and O–H groups in total. The Hall–Kier alpha value is -0.950. The Labute approximate surface area is 109 Å². The SMILES string of the molecule is COCCCN(C)S(=O)(=O)c1ccccc1CN. The van der Waals surface area contributed by atoms with E-state index in [-0.39, 0.29) is 11.4 Å². The van der Waals surface area contributed by atoms with Crippen LogP contribution < -0.4 is 5.73 Å². The van der Waals surface area contributed by atoms with Crippen LogP contribution in [-0.4, -0.2) is 40.0 Å². The number of nitrogens with zero attached hydrogens (tertiary/aromatic N) is 1. The molecule has 1 aromatic carbocycles. The van der Waals surface area contributed by atoms with Gasteiger partial charge in [-0.3, -0.25) is 0 Å². The van der Waals surface area contributed by atoms with Crippen LogP contribution in [0.15, 0.2) is 29.2 Å². The lowest BCUT2D eigenvalue weighted by molar-refractivity contribution is 0.189. The Morgan fingerprint density at radius 1 is 1.33 bits per heavy atom.